The number of carbonyl (C=O) groups is 1. The summed E-state index contributed by atoms with van der Waals surface area (Å²) in [6, 6.07) is 15.3. The number of fused-ring (bicyclic) bond motifs is 4. The van der Waals surface area contributed by atoms with Crippen LogP contribution in [0.1, 0.15) is 57.4 Å². The molecule has 0 fully saturated rings. The van der Waals surface area contributed by atoms with Crippen LogP contribution in [0.2, 0.25) is 0 Å². The Morgan fingerprint density at radius 2 is 1.92 bits per heavy atom. The molecule has 2 aromatic carbocycles. The lowest BCUT2D eigenvalue weighted by Gasteiger charge is -2.21. The Bertz CT molecular complexity index is 1350. The molecule has 0 saturated heterocycles. The molecule has 0 unspecified atom stereocenters. The highest BCUT2D eigenvalue weighted by Crippen LogP contribution is 2.28. The number of rotatable bonds is 6. The standard InChI is InChI=1S/C27H32N4O4S.H2/c1-4-5-9-19-10-6-7-13-23(19)24-16-25-30-27(29-24)31-36(33,34)22-12-8-11-20(15-22)26(32)28-21(17-35-25)14-18(2)3;/h6-8,10-13,15-16,18,21H,4-5,9,14,17H2,1-3H3,(H,28,32)(H,29,30,31);1H/t21-;/m1./s1. The summed E-state index contributed by atoms with van der Waals surface area (Å²) in [5, 5.41) is 2.99. The van der Waals surface area contributed by atoms with Crippen molar-refractivity contribution >= 4 is 21.9 Å². The number of carbonyl (C=O) groups excluding carboxylic acids is 1. The Kier molecular flexibility index (Phi) is 7.88. The van der Waals surface area contributed by atoms with E-state index < -0.39 is 10.0 Å². The maximum atomic E-state index is 13.2. The van der Waals surface area contributed by atoms with Gasteiger partial charge in [-0.3, -0.25) is 4.79 Å². The van der Waals surface area contributed by atoms with Crippen LogP contribution in [-0.2, 0) is 16.4 Å². The monoisotopic (exact) mass is 510 g/mol. The van der Waals surface area contributed by atoms with Gasteiger partial charge in [-0.1, -0.05) is 57.5 Å². The molecule has 36 heavy (non-hydrogen) atoms. The fourth-order valence-electron chi connectivity index (χ4n) is 4.21. The minimum Gasteiger partial charge on any atom is -0.475 e. The lowest BCUT2D eigenvalue weighted by Crippen LogP contribution is -2.40. The van der Waals surface area contributed by atoms with Crippen LogP contribution in [0.25, 0.3) is 11.3 Å². The second kappa shape index (κ2) is 11.1. The van der Waals surface area contributed by atoms with E-state index in [1.165, 1.54) is 12.1 Å². The quantitative estimate of drug-likeness (QED) is 0.479. The number of aryl methyl sites for hydroxylation is 1. The molecule has 1 aliphatic rings. The minimum absolute atomic E-state index is 0. The third kappa shape index (κ3) is 6.20. The van der Waals surface area contributed by atoms with E-state index in [1.54, 1.807) is 18.2 Å². The van der Waals surface area contributed by atoms with Gasteiger partial charge in [0.1, 0.15) is 6.61 Å². The molecule has 0 saturated carbocycles. The van der Waals surface area contributed by atoms with Crippen molar-refractivity contribution in [3.05, 3.63) is 65.7 Å². The van der Waals surface area contributed by atoms with Crippen LogP contribution in [0.4, 0.5) is 5.95 Å². The lowest BCUT2D eigenvalue weighted by atomic mass is 9.99. The Balaban J connectivity index is 0.00000380. The number of anilines is 1. The number of ether oxygens (including phenoxy) is 1. The first kappa shape index (κ1) is 25.6. The summed E-state index contributed by atoms with van der Waals surface area (Å²) in [6.07, 6.45) is 3.65. The molecule has 2 N–H and O–H groups in total. The van der Waals surface area contributed by atoms with Crippen molar-refractivity contribution in [3.8, 4) is 17.1 Å². The molecule has 1 aliphatic heterocycles. The number of sulfonamides is 1. The van der Waals surface area contributed by atoms with Gasteiger partial charge >= 0.3 is 0 Å². The van der Waals surface area contributed by atoms with Crippen LogP contribution in [0.5, 0.6) is 5.88 Å². The number of amides is 1. The molecule has 3 aromatic rings. The summed E-state index contributed by atoms with van der Waals surface area (Å²) in [7, 11) is -4.05. The van der Waals surface area contributed by atoms with Crippen molar-refractivity contribution in [2.45, 2.75) is 57.4 Å². The number of hydrogen-bond acceptors (Lipinski definition) is 6. The Labute approximate surface area is 214 Å². The zero-order chi connectivity index (χ0) is 25.7. The maximum Gasteiger partial charge on any atom is 0.264 e. The van der Waals surface area contributed by atoms with Gasteiger partial charge in [0, 0.05) is 18.6 Å². The van der Waals surface area contributed by atoms with E-state index in [4.69, 9.17) is 4.74 Å². The number of aromatic nitrogens is 2. The van der Waals surface area contributed by atoms with E-state index in [2.05, 4.69) is 46.8 Å². The predicted octanol–water partition coefficient (Wildman–Crippen LogP) is 5.07. The second-order valence-corrected chi connectivity index (χ2v) is 11.1. The molecule has 1 aromatic heterocycles. The smallest absolute Gasteiger partial charge is 0.264 e. The van der Waals surface area contributed by atoms with Crippen LogP contribution in [-0.4, -0.2) is 36.9 Å². The van der Waals surface area contributed by atoms with E-state index in [0.717, 1.165) is 30.4 Å². The molecule has 192 valence electrons. The highest BCUT2D eigenvalue weighted by Gasteiger charge is 2.23. The van der Waals surface area contributed by atoms with Crippen molar-refractivity contribution < 1.29 is 19.4 Å². The van der Waals surface area contributed by atoms with Crippen molar-refractivity contribution in [2.75, 3.05) is 11.3 Å². The maximum absolute atomic E-state index is 13.2. The minimum atomic E-state index is -4.05. The molecule has 0 spiro atoms. The number of nitrogens with zero attached hydrogens (tertiary/aromatic N) is 2. The van der Waals surface area contributed by atoms with Crippen LogP contribution in [0.15, 0.2) is 59.5 Å². The van der Waals surface area contributed by atoms with Crippen molar-refractivity contribution in [1.29, 1.82) is 0 Å². The SMILES string of the molecule is CCCCc1ccccc1-c1cc2nc(n1)NS(=O)(=O)c1cccc(c1)C(=O)N[C@H](CC(C)C)CO2.[HH]. The first-order valence-electron chi connectivity index (χ1n) is 12.3. The second-order valence-electron chi connectivity index (χ2n) is 9.42. The molecule has 2 heterocycles. The molecule has 8 nitrogen and oxygen atoms in total. The van der Waals surface area contributed by atoms with Gasteiger partial charge in [0.25, 0.3) is 15.9 Å². The van der Waals surface area contributed by atoms with Crippen molar-refractivity contribution in [2.24, 2.45) is 5.92 Å². The highest BCUT2D eigenvalue weighted by atomic mass is 32.2. The fraction of sp³-hybridized carbons (Fsp3) is 0.370. The normalized spacial score (nSPS) is 17.1. The van der Waals surface area contributed by atoms with E-state index in [9.17, 15) is 13.2 Å². The molecule has 0 radical (unpaired) electrons. The van der Waals surface area contributed by atoms with Crippen LogP contribution < -0.4 is 14.8 Å². The number of benzene rings is 2. The van der Waals surface area contributed by atoms with Crippen molar-refractivity contribution in [3.63, 3.8) is 0 Å². The van der Waals surface area contributed by atoms with Gasteiger partial charge in [-0.05, 0) is 48.9 Å². The Hall–Kier alpha value is -3.46. The topological polar surface area (TPSA) is 110 Å². The number of nitrogens with one attached hydrogen (secondary N) is 2. The fourth-order valence-corrected chi connectivity index (χ4v) is 5.20. The third-order valence-electron chi connectivity index (χ3n) is 5.95. The summed E-state index contributed by atoms with van der Waals surface area (Å²) in [6.45, 7) is 6.46. The Morgan fingerprint density at radius 3 is 2.69 bits per heavy atom. The molecule has 1 amide bonds. The van der Waals surface area contributed by atoms with E-state index in [-0.39, 0.29) is 42.3 Å². The molecule has 1 atom stereocenters. The van der Waals surface area contributed by atoms with Crippen LogP contribution in [0.3, 0.4) is 0 Å². The average molecular weight is 511 g/mol. The van der Waals surface area contributed by atoms with Gasteiger partial charge in [0.2, 0.25) is 11.8 Å². The summed E-state index contributed by atoms with van der Waals surface area (Å²) < 4.78 is 34.9. The Morgan fingerprint density at radius 1 is 1.11 bits per heavy atom. The van der Waals surface area contributed by atoms with Gasteiger partial charge in [-0.15, -0.1) is 0 Å². The largest absolute Gasteiger partial charge is 0.475 e. The summed E-state index contributed by atoms with van der Waals surface area (Å²) >= 11 is 0. The number of hydrogen-bond donors (Lipinski definition) is 2. The average Bonchev–Trinajstić information content (AvgIpc) is 2.85. The zero-order valence-corrected chi connectivity index (χ0v) is 21.6. The highest BCUT2D eigenvalue weighted by molar-refractivity contribution is 7.92. The summed E-state index contributed by atoms with van der Waals surface area (Å²) in [5.41, 5.74) is 2.84. The molecular weight excluding hydrogens is 476 g/mol. The van der Waals surface area contributed by atoms with Crippen LogP contribution >= 0.6 is 0 Å². The third-order valence-corrected chi connectivity index (χ3v) is 7.28. The van der Waals surface area contributed by atoms with E-state index in [1.807, 2.05) is 18.2 Å². The molecular formula is C27H34N4O4S. The van der Waals surface area contributed by atoms with E-state index in [0.29, 0.717) is 18.0 Å². The van der Waals surface area contributed by atoms with E-state index >= 15 is 0 Å². The molecule has 4 bridgehead atoms. The number of unbranched alkanes of at least 4 members (excludes halogenated alkanes) is 1. The molecule has 9 heteroatoms. The van der Waals surface area contributed by atoms with Gasteiger partial charge in [-0.25, -0.2) is 18.1 Å². The van der Waals surface area contributed by atoms with Gasteiger partial charge < -0.3 is 10.1 Å². The zero-order valence-electron chi connectivity index (χ0n) is 20.8. The first-order valence-corrected chi connectivity index (χ1v) is 13.8. The molecule has 4 rings (SSSR count). The van der Waals surface area contributed by atoms with Crippen molar-refractivity contribution in [1.82, 2.24) is 15.3 Å². The summed E-state index contributed by atoms with van der Waals surface area (Å²) in [5.74, 6) is 0.0999. The molecule has 0 aliphatic carbocycles. The lowest BCUT2D eigenvalue weighted by molar-refractivity contribution is 0.0913. The summed E-state index contributed by atoms with van der Waals surface area (Å²) in [4.78, 5) is 21.8. The first-order chi connectivity index (χ1) is 17.2. The van der Waals surface area contributed by atoms with Crippen LogP contribution in [0, 0.1) is 5.92 Å². The van der Waals surface area contributed by atoms with Gasteiger partial charge in [0.15, 0.2) is 0 Å². The predicted molar refractivity (Wildman–Crippen MR) is 142 cm³/mol. The van der Waals surface area contributed by atoms with Gasteiger partial charge in [0.05, 0.1) is 16.6 Å². The van der Waals surface area contributed by atoms with Gasteiger partial charge in [-0.2, -0.15) is 4.98 Å².